The first kappa shape index (κ1) is 23.7. The molecule has 0 bridgehead atoms. The maximum Gasteiger partial charge on any atom is 0.245 e. The number of aryl methyl sites for hydroxylation is 1. The van der Waals surface area contributed by atoms with Crippen LogP contribution in [0.4, 0.5) is 5.82 Å². The number of aromatic hydroxyl groups is 1. The van der Waals surface area contributed by atoms with Gasteiger partial charge >= 0.3 is 0 Å². The largest absolute Gasteiger partial charge is 0.508 e. The maximum absolute atomic E-state index is 11.9. The zero-order chi connectivity index (χ0) is 24.4. The summed E-state index contributed by atoms with van der Waals surface area (Å²) in [6, 6.07) is 9.10. The van der Waals surface area contributed by atoms with Crippen molar-refractivity contribution in [1.29, 1.82) is 0 Å². The van der Waals surface area contributed by atoms with Crippen LogP contribution in [-0.2, 0) is 16.0 Å². The Morgan fingerprint density at radius 2 is 1.94 bits per heavy atom. The van der Waals surface area contributed by atoms with Crippen molar-refractivity contribution in [2.45, 2.75) is 31.3 Å². The number of nitrogens with zero attached hydrogens (tertiary/aromatic N) is 4. The van der Waals surface area contributed by atoms with Crippen LogP contribution in [0, 0.1) is 0 Å². The highest BCUT2D eigenvalue weighted by Crippen LogP contribution is 2.36. The molecule has 2 aliphatic rings. The van der Waals surface area contributed by atoms with Gasteiger partial charge in [0, 0.05) is 36.6 Å². The summed E-state index contributed by atoms with van der Waals surface area (Å²) < 4.78 is 6.57. The molecular formula is C26H30N4O4S. The van der Waals surface area contributed by atoms with E-state index < -0.39 is 5.60 Å². The second-order valence-electron chi connectivity index (χ2n) is 9.20. The molecule has 0 aliphatic carbocycles. The van der Waals surface area contributed by atoms with E-state index in [4.69, 9.17) is 14.7 Å². The Kier molecular flexibility index (Phi) is 6.73. The quantitative estimate of drug-likeness (QED) is 0.507. The Hall–Kier alpha value is -3.01. The van der Waals surface area contributed by atoms with E-state index >= 15 is 0 Å². The first-order chi connectivity index (χ1) is 16.9. The van der Waals surface area contributed by atoms with Crippen molar-refractivity contribution in [2.24, 2.45) is 0 Å². The summed E-state index contributed by atoms with van der Waals surface area (Å²) in [7, 11) is 0. The number of carbonyl (C=O) groups is 1. The van der Waals surface area contributed by atoms with Gasteiger partial charge in [0.2, 0.25) is 5.91 Å². The van der Waals surface area contributed by atoms with Gasteiger partial charge in [0.05, 0.1) is 29.0 Å². The second kappa shape index (κ2) is 9.93. The molecule has 0 atom stereocenters. The van der Waals surface area contributed by atoms with Crippen LogP contribution >= 0.6 is 11.3 Å². The molecule has 3 aromatic rings. The first-order valence-corrected chi connectivity index (χ1v) is 12.8. The number of phenolic OH excluding ortho intramolecular Hbond substituents is 1. The fraction of sp³-hybridized carbons (Fsp3) is 0.423. The lowest BCUT2D eigenvalue weighted by Crippen LogP contribution is -2.46. The predicted octanol–water partition coefficient (Wildman–Crippen LogP) is 3.37. The molecule has 2 saturated heterocycles. The van der Waals surface area contributed by atoms with Crippen molar-refractivity contribution in [1.82, 2.24) is 14.9 Å². The first-order valence-electron chi connectivity index (χ1n) is 12.0. The number of thiophene rings is 1. The third-order valence-corrected chi connectivity index (χ3v) is 8.02. The normalized spacial score (nSPS) is 18.1. The van der Waals surface area contributed by atoms with Gasteiger partial charge in [-0.1, -0.05) is 18.7 Å². The van der Waals surface area contributed by atoms with Crippen LogP contribution in [0.5, 0.6) is 5.75 Å². The smallest absolute Gasteiger partial charge is 0.245 e. The lowest BCUT2D eigenvalue weighted by molar-refractivity contribution is -0.130. The lowest BCUT2D eigenvalue weighted by Gasteiger charge is -2.37. The minimum absolute atomic E-state index is 0.0756. The molecule has 0 unspecified atom stereocenters. The standard InChI is InChI=1S/C26H30N4O4S/c1-2-22(32)29-10-8-26(33,9-11-29)7-6-20-17-21-23(35-20)25(30-12-14-34-15-13-30)28-24(27-21)18-4-3-5-19(31)16-18/h2-5,16-17,31,33H,1,6-15H2. The molecule has 184 valence electrons. The van der Waals surface area contributed by atoms with Gasteiger partial charge in [-0.15, -0.1) is 11.3 Å². The van der Waals surface area contributed by atoms with Gasteiger partial charge in [0.15, 0.2) is 11.6 Å². The highest BCUT2D eigenvalue weighted by Gasteiger charge is 2.33. The molecule has 1 aromatic carbocycles. The van der Waals surface area contributed by atoms with Gasteiger partial charge in [-0.25, -0.2) is 9.97 Å². The molecule has 0 radical (unpaired) electrons. The van der Waals surface area contributed by atoms with Gasteiger partial charge < -0.3 is 24.7 Å². The van der Waals surface area contributed by atoms with Crippen molar-refractivity contribution >= 4 is 33.3 Å². The minimum atomic E-state index is -0.778. The molecule has 0 spiro atoms. The molecule has 1 amide bonds. The van der Waals surface area contributed by atoms with Crippen LogP contribution in [0.25, 0.3) is 21.6 Å². The summed E-state index contributed by atoms with van der Waals surface area (Å²) in [6.07, 6.45) is 3.84. The summed E-state index contributed by atoms with van der Waals surface area (Å²) >= 11 is 1.68. The molecule has 4 heterocycles. The number of piperidine rings is 1. The van der Waals surface area contributed by atoms with Crippen LogP contribution in [0.15, 0.2) is 43.0 Å². The highest BCUT2D eigenvalue weighted by molar-refractivity contribution is 7.19. The topological polar surface area (TPSA) is 99.0 Å². The second-order valence-corrected chi connectivity index (χ2v) is 10.3. The summed E-state index contributed by atoms with van der Waals surface area (Å²) in [5.74, 6) is 1.58. The molecule has 5 rings (SSSR count). The number of amides is 1. The van der Waals surface area contributed by atoms with E-state index in [-0.39, 0.29) is 11.7 Å². The minimum Gasteiger partial charge on any atom is -0.508 e. The maximum atomic E-state index is 11.9. The van der Waals surface area contributed by atoms with Crippen molar-refractivity contribution in [3.63, 3.8) is 0 Å². The molecular weight excluding hydrogens is 464 g/mol. The number of aromatic nitrogens is 2. The van der Waals surface area contributed by atoms with Gasteiger partial charge in [-0.2, -0.15) is 0 Å². The summed E-state index contributed by atoms with van der Waals surface area (Å²) in [5, 5.41) is 21.1. The number of hydrogen-bond donors (Lipinski definition) is 2. The molecule has 2 aromatic heterocycles. The number of rotatable bonds is 6. The number of fused-ring (bicyclic) bond motifs is 1. The molecule has 2 fully saturated rings. The monoisotopic (exact) mass is 494 g/mol. The summed E-state index contributed by atoms with van der Waals surface area (Å²) in [5.41, 5.74) is 0.863. The van der Waals surface area contributed by atoms with E-state index in [2.05, 4.69) is 17.5 Å². The molecule has 8 nitrogen and oxygen atoms in total. The number of morpholine rings is 1. The Morgan fingerprint density at radius 1 is 1.17 bits per heavy atom. The van der Waals surface area contributed by atoms with Crippen LogP contribution in [0.1, 0.15) is 24.1 Å². The summed E-state index contributed by atoms with van der Waals surface area (Å²) in [4.78, 5) is 26.7. The molecule has 35 heavy (non-hydrogen) atoms. The van der Waals surface area contributed by atoms with Crippen molar-refractivity contribution in [3.05, 3.63) is 47.9 Å². The number of aliphatic hydroxyl groups is 1. The Balaban J connectivity index is 1.40. The van der Waals surface area contributed by atoms with Crippen LogP contribution in [-0.4, -0.2) is 76.0 Å². The van der Waals surface area contributed by atoms with Gasteiger partial charge in [-0.05, 0) is 50.0 Å². The van der Waals surface area contributed by atoms with E-state index in [0.717, 1.165) is 46.0 Å². The van der Waals surface area contributed by atoms with E-state index in [0.29, 0.717) is 51.4 Å². The number of benzene rings is 1. The average molecular weight is 495 g/mol. The number of carbonyl (C=O) groups excluding carboxylic acids is 1. The number of likely N-dealkylation sites (tertiary alicyclic amines) is 1. The fourth-order valence-electron chi connectivity index (χ4n) is 4.73. The Labute approximate surface area is 208 Å². The number of ether oxygens (including phenoxy) is 1. The van der Waals surface area contributed by atoms with Crippen molar-refractivity contribution < 1.29 is 19.7 Å². The lowest BCUT2D eigenvalue weighted by atomic mass is 9.86. The Bertz CT molecular complexity index is 1230. The van der Waals surface area contributed by atoms with Crippen LogP contribution in [0.2, 0.25) is 0 Å². The van der Waals surface area contributed by atoms with Gasteiger partial charge in [0.1, 0.15) is 5.75 Å². The van der Waals surface area contributed by atoms with E-state index in [1.165, 1.54) is 6.08 Å². The molecule has 2 N–H and O–H groups in total. The molecule has 9 heteroatoms. The predicted molar refractivity (Wildman–Crippen MR) is 137 cm³/mol. The van der Waals surface area contributed by atoms with Crippen molar-refractivity contribution in [3.8, 4) is 17.1 Å². The zero-order valence-electron chi connectivity index (χ0n) is 19.7. The van der Waals surface area contributed by atoms with Crippen LogP contribution in [0.3, 0.4) is 0 Å². The molecule has 0 saturated carbocycles. The van der Waals surface area contributed by atoms with E-state index in [9.17, 15) is 15.0 Å². The van der Waals surface area contributed by atoms with Crippen molar-refractivity contribution in [2.75, 3.05) is 44.3 Å². The van der Waals surface area contributed by atoms with Gasteiger partial charge in [-0.3, -0.25) is 4.79 Å². The number of phenols is 1. The van der Waals surface area contributed by atoms with Crippen LogP contribution < -0.4 is 4.90 Å². The summed E-state index contributed by atoms with van der Waals surface area (Å²) in [6.45, 7) is 7.49. The van der Waals surface area contributed by atoms with E-state index in [1.54, 1.807) is 34.4 Å². The van der Waals surface area contributed by atoms with Gasteiger partial charge in [0.25, 0.3) is 0 Å². The third kappa shape index (κ3) is 5.17. The number of hydrogen-bond acceptors (Lipinski definition) is 8. The van der Waals surface area contributed by atoms with E-state index in [1.807, 2.05) is 6.07 Å². The molecule has 2 aliphatic heterocycles. The third-order valence-electron chi connectivity index (χ3n) is 6.84. The SMILES string of the molecule is C=CC(=O)N1CCC(O)(CCc2cc3nc(-c4cccc(O)c4)nc(N4CCOCC4)c3s2)CC1. The average Bonchev–Trinajstić information content (AvgIpc) is 3.31. The Morgan fingerprint density at radius 3 is 2.66 bits per heavy atom. The number of anilines is 1. The highest BCUT2D eigenvalue weighted by atomic mass is 32.1. The zero-order valence-corrected chi connectivity index (χ0v) is 20.5. The fourth-order valence-corrected chi connectivity index (χ4v) is 5.84.